The monoisotopic (exact) mass is 260 g/mol. The smallest absolute Gasteiger partial charge is 0.165 e. The molecule has 0 radical (unpaired) electrons. The molecule has 0 saturated carbocycles. The second kappa shape index (κ2) is 6.29. The Bertz CT molecular complexity index is 531. The second-order valence-corrected chi connectivity index (χ2v) is 4.50. The van der Waals surface area contributed by atoms with Crippen LogP contribution in [0.2, 0.25) is 0 Å². The highest BCUT2D eigenvalue weighted by Crippen LogP contribution is 2.18. The minimum absolute atomic E-state index is 0.277. The first-order valence-electron chi connectivity index (χ1n) is 6.09. The molecule has 0 saturated heterocycles. The molecule has 0 aliphatic carbocycles. The van der Waals surface area contributed by atoms with Crippen molar-refractivity contribution < 1.29 is 9.13 Å². The molecule has 100 valence electrons. The van der Waals surface area contributed by atoms with E-state index < -0.39 is 0 Å². The summed E-state index contributed by atoms with van der Waals surface area (Å²) in [5.74, 6) is -0.0477. The number of nitrogens with zero attached hydrogens (tertiary/aromatic N) is 2. The Morgan fingerprint density at radius 1 is 1.21 bits per heavy atom. The van der Waals surface area contributed by atoms with Crippen molar-refractivity contribution in [3.05, 3.63) is 59.7 Å². The van der Waals surface area contributed by atoms with Crippen LogP contribution in [0.3, 0.4) is 0 Å². The van der Waals surface area contributed by atoms with Gasteiger partial charge in [-0.3, -0.25) is 9.88 Å². The molecule has 1 aromatic heterocycles. The van der Waals surface area contributed by atoms with E-state index in [1.807, 2.05) is 31.4 Å². The minimum Gasteiger partial charge on any atom is -0.494 e. The van der Waals surface area contributed by atoms with Crippen molar-refractivity contribution in [1.82, 2.24) is 9.88 Å². The van der Waals surface area contributed by atoms with Crippen LogP contribution < -0.4 is 4.74 Å². The summed E-state index contributed by atoms with van der Waals surface area (Å²) in [5, 5.41) is 0. The molecule has 0 unspecified atom stereocenters. The largest absolute Gasteiger partial charge is 0.494 e. The molecule has 4 heteroatoms. The average molecular weight is 260 g/mol. The van der Waals surface area contributed by atoms with Gasteiger partial charge in [-0.25, -0.2) is 4.39 Å². The van der Waals surface area contributed by atoms with E-state index in [-0.39, 0.29) is 11.6 Å². The Morgan fingerprint density at radius 3 is 2.63 bits per heavy atom. The Balaban J connectivity index is 1.99. The van der Waals surface area contributed by atoms with Crippen LogP contribution >= 0.6 is 0 Å². The fourth-order valence-corrected chi connectivity index (χ4v) is 1.98. The maximum Gasteiger partial charge on any atom is 0.165 e. The van der Waals surface area contributed by atoms with Gasteiger partial charge in [0.1, 0.15) is 0 Å². The number of rotatable bonds is 5. The first kappa shape index (κ1) is 13.5. The molecule has 3 nitrogen and oxygen atoms in total. The number of methoxy groups -OCH3 is 1. The zero-order chi connectivity index (χ0) is 13.7. The van der Waals surface area contributed by atoms with E-state index in [0.717, 1.165) is 17.7 Å². The van der Waals surface area contributed by atoms with Gasteiger partial charge in [-0.15, -0.1) is 0 Å². The van der Waals surface area contributed by atoms with Crippen LogP contribution in [0.1, 0.15) is 11.1 Å². The highest BCUT2D eigenvalue weighted by Gasteiger charge is 2.06. The van der Waals surface area contributed by atoms with E-state index in [0.29, 0.717) is 6.54 Å². The van der Waals surface area contributed by atoms with Crippen LogP contribution in [0, 0.1) is 5.82 Å². The second-order valence-electron chi connectivity index (χ2n) is 4.50. The molecule has 2 rings (SSSR count). The summed E-state index contributed by atoms with van der Waals surface area (Å²) < 4.78 is 18.5. The highest BCUT2D eigenvalue weighted by atomic mass is 19.1. The maximum atomic E-state index is 13.6. The molecular weight excluding hydrogens is 243 g/mol. The van der Waals surface area contributed by atoms with Crippen LogP contribution in [0.15, 0.2) is 42.7 Å². The van der Waals surface area contributed by atoms with Crippen molar-refractivity contribution in [2.45, 2.75) is 13.1 Å². The van der Waals surface area contributed by atoms with Crippen molar-refractivity contribution >= 4 is 0 Å². The molecule has 1 aromatic carbocycles. The molecule has 0 N–H and O–H groups in total. The molecule has 19 heavy (non-hydrogen) atoms. The predicted molar refractivity (Wildman–Crippen MR) is 72.4 cm³/mol. The molecule has 0 atom stereocenters. The molecule has 0 aliphatic heterocycles. The Kier molecular flexibility index (Phi) is 4.47. The molecule has 0 bridgehead atoms. The normalized spacial score (nSPS) is 10.7. The van der Waals surface area contributed by atoms with Gasteiger partial charge in [0.15, 0.2) is 11.6 Å². The van der Waals surface area contributed by atoms with Gasteiger partial charge in [-0.2, -0.15) is 0 Å². The molecule has 0 amide bonds. The van der Waals surface area contributed by atoms with E-state index in [9.17, 15) is 4.39 Å². The number of ether oxygens (including phenoxy) is 1. The quantitative estimate of drug-likeness (QED) is 0.826. The van der Waals surface area contributed by atoms with Crippen molar-refractivity contribution in [1.29, 1.82) is 0 Å². The van der Waals surface area contributed by atoms with Crippen LogP contribution in [-0.4, -0.2) is 24.0 Å². The first-order valence-corrected chi connectivity index (χ1v) is 6.09. The fraction of sp³-hybridized carbons (Fsp3) is 0.267. The van der Waals surface area contributed by atoms with E-state index in [2.05, 4.69) is 9.88 Å². The van der Waals surface area contributed by atoms with Crippen molar-refractivity contribution in [3.8, 4) is 5.75 Å². The van der Waals surface area contributed by atoms with Crippen LogP contribution in [0.4, 0.5) is 4.39 Å². The lowest BCUT2D eigenvalue weighted by molar-refractivity contribution is 0.317. The van der Waals surface area contributed by atoms with Gasteiger partial charge in [0.05, 0.1) is 7.11 Å². The van der Waals surface area contributed by atoms with Gasteiger partial charge >= 0.3 is 0 Å². The fourth-order valence-electron chi connectivity index (χ4n) is 1.98. The lowest BCUT2D eigenvalue weighted by Gasteiger charge is -2.17. The van der Waals surface area contributed by atoms with Gasteiger partial charge in [-0.05, 0) is 36.4 Å². The average Bonchev–Trinajstić information content (AvgIpc) is 2.40. The third kappa shape index (κ3) is 3.76. The summed E-state index contributed by atoms with van der Waals surface area (Å²) in [7, 11) is 3.46. The number of benzene rings is 1. The Hall–Kier alpha value is -1.94. The SMILES string of the molecule is COc1ccc(CN(C)Cc2cccnc2)cc1F. The van der Waals surface area contributed by atoms with Crippen molar-refractivity contribution in [2.24, 2.45) is 0 Å². The van der Waals surface area contributed by atoms with Gasteiger partial charge in [-0.1, -0.05) is 12.1 Å². The first-order chi connectivity index (χ1) is 9.19. The zero-order valence-corrected chi connectivity index (χ0v) is 11.1. The summed E-state index contributed by atoms with van der Waals surface area (Å²) in [5.41, 5.74) is 2.06. The van der Waals surface area contributed by atoms with E-state index in [1.54, 1.807) is 12.3 Å². The third-order valence-corrected chi connectivity index (χ3v) is 2.84. The summed E-state index contributed by atoms with van der Waals surface area (Å²) in [6.07, 6.45) is 3.59. The number of hydrogen-bond acceptors (Lipinski definition) is 3. The molecule has 0 fully saturated rings. The topological polar surface area (TPSA) is 25.4 Å². The Morgan fingerprint density at radius 2 is 2.00 bits per heavy atom. The van der Waals surface area contributed by atoms with Crippen molar-refractivity contribution in [2.75, 3.05) is 14.2 Å². The highest BCUT2D eigenvalue weighted by molar-refractivity contribution is 5.29. The number of aromatic nitrogens is 1. The summed E-state index contributed by atoms with van der Waals surface area (Å²) in [6.45, 7) is 1.46. The number of hydrogen-bond donors (Lipinski definition) is 0. The van der Waals surface area contributed by atoms with Gasteiger partial charge < -0.3 is 4.74 Å². The minimum atomic E-state index is -0.324. The van der Waals surface area contributed by atoms with Crippen LogP contribution in [-0.2, 0) is 13.1 Å². The molecule has 0 spiro atoms. The van der Waals surface area contributed by atoms with Gasteiger partial charge in [0.25, 0.3) is 0 Å². The maximum absolute atomic E-state index is 13.6. The summed E-state index contributed by atoms with van der Waals surface area (Å²) in [4.78, 5) is 6.19. The summed E-state index contributed by atoms with van der Waals surface area (Å²) in [6, 6.07) is 8.98. The van der Waals surface area contributed by atoms with Crippen LogP contribution in [0.5, 0.6) is 5.75 Å². The molecule has 2 aromatic rings. The third-order valence-electron chi connectivity index (χ3n) is 2.84. The summed E-state index contributed by atoms with van der Waals surface area (Å²) >= 11 is 0. The van der Waals surface area contributed by atoms with Crippen LogP contribution in [0.25, 0.3) is 0 Å². The van der Waals surface area contributed by atoms with Gasteiger partial charge in [0, 0.05) is 25.5 Å². The van der Waals surface area contributed by atoms with E-state index in [4.69, 9.17) is 4.74 Å². The Labute approximate surface area is 112 Å². The molecule has 1 heterocycles. The standard InChI is InChI=1S/C15H17FN2O/c1-18(11-13-4-3-7-17-9-13)10-12-5-6-15(19-2)14(16)8-12/h3-9H,10-11H2,1-2H3. The van der Waals surface area contributed by atoms with Crippen molar-refractivity contribution in [3.63, 3.8) is 0 Å². The lowest BCUT2D eigenvalue weighted by atomic mass is 10.2. The van der Waals surface area contributed by atoms with Gasteiger partial charge in [0.2, 0.25) is 0 Å². The predicted octanol–water partition coefficient (Wildman–Crippen LogP) is 2.86. The van der Waals surface area contributed by atoms with E-state index in [1.165, 1.54) is 13.2 Å². The molecule has 0 aliphatic rings. The number of halogens is 1. The lowest BCUT2D eigenvalue weighted by Crippen LogP contribution is -2.17. The van der Waals surface area contributed by atoms with E-state index >= 15 is 0 Å². The zero-order valence-electron chi connectivity index (χ0n) is 11.1. The molecular formula is C15H17FN2O. The number of pyridine rings is 1.